The molecule has 4 atom stereocenters. The maximum atomic E-state index is 15.7. The lowest BCUT2D eigenvalue weighted by Gasteiger charge is -2.26. The van der Waals surface area contributed by atoms with Crippen molar-refractivity contribution >= 4 is 11.7 Å². The van der Waals surface area contributed by atoms with Crippen LogP contribution in [0, 0.1) is 5.92 Å². The summed E-state index contributed by atoms with van der Waals surface area (Å²) < 4.78 is 22.6. The molecule has 0 bridgehead atoms. The number of alkyl halides is 1. The molecule has 1 fully saturated rings. The molecule has 1 amide bonds. The summed E-state index contributed by atoms with van der Waals surface area (Å²) >= 11 is 0. The van der Waals surface area contributed by atoms with Crippen LogP contribution in [0.5, 0.6) is 0 Å². The highest BCUT2D eigenvalue weighted by Gasteiger charge is 2.54. The van der Waals surface area contributed by atoms with Gasteiger partial charge < -0.3 is 10.1 Å². The van der Waals surface area contributed by atoms with E-state index in [2.05, 4.69) is 22.6 Å². The van der Waals surface area contributed by atoms with Crippen LogP contribution in [0.2, 0.25) is 0 Å². The molecule has 28 heavy (non-hydrogen) atoms. The highest BCUT2D eigenvalue weighted by molar-refractivity contribution is 6.03. The van der Waals surface area contributed by atoms with Gasteiger partial charge in [-0.05, 0) is 30.7 Å². The standard InChI is InChI=1S/C21H22FN3O3/c1-4-12-21(22)14(3)16(5-2)28-19(21)25-13-11-17(24-20(25)27)23-18(26)15-9-7-6-8-10-15/h6-14,16,19H,1,5H2,2-3H3,(H,23,24,26,27)/t14-,16+,19+,21?/m0/s1. The highest BCUT2D eigenvalue weighted by Crippen LogP contribution is 2.46. The van der Waals surface area contributed by atoms with Gasteiger partial charge in [0.05, 0.1) is 6.10 Å². The van der Waals surface area contributed by atoms with Crippen LogP contribution in [-0.2, 0) is 4.74 Å². The molecule has 6 nitrogen and oxygen atoms in total. The van der Waals surface area contributed by atoms with Crippen LogP contribution in [0.1, 0.15) is 36.9 Å². The Hall–Kier alpha value is -3.02. The predicted octanol–water partition coefficient (Wildman–Crippen LogP) is 3.49. The zero-order chi connectivity index (χ0) is 20.3. The second-order valence-corrected chi connectivity index (χ2v) is 6.72. The SMILES string of the molecule is C=C=CC1(F)[C@@H](C)[C@@H](CC)O[C@H]1n1ccc(NC(=O)c2ccccc2)nc1=O. The molecular formula is C21H22FN3O3. The summed E-state index contributed by atoms with van der Waals surface area (Å²) in [5.41, 5.74) is 0.249. The normalized spacial score (nSPS) is 26.5. The molecule has 3 rings (SSSR count). The number of aromatic nitrogens is 2. The molecule has 2 heterocycles. The van der Waals surface area contributed by atoms with Crippen molar-refractivity contribution in [2.45, 2.75) is 38.3 Å². The Morgan fingerprint density at radius 3 is 2.75 bits per heavy atom. The lowest BCUT2D eigenvalue weighted by atomic mass is 9.87. The van der Waals surface area contributed by atoms with E-state index in [4.69, 9.17) is 4.74 Å². The molecule has 1 aliphatic rings. The van der Waals surface area contributed by atoms with Gasteiger partial charge in [0.25, 0.3) is 5.91 Å². The first-order chi connectivity index (χ1) is 13.4. The molecule has 1 unspecified atom stereocenters. The minimum absolute atomic E-state index is 0.0805. The van der Waals surface area contributed by atoms with E-state index in [0.717, 1.165) is 4.57 Å². The number of carbonyl (C=O) groups excluding carboxylic acids is 1. The number of carbonyl (C=O) groups is 1. The molecule has 0 radical (unpaired) electrons. The lowest BCUT2D eigenvalue weighted by molar-refractivity contribution is -0.0408. The van der Waals surface area contributed by atoms with E-state index >= 15 is 4.39 Å². The van der Waals surface area contributed by atoms with Crippen LogP contribution in [0.3, 0.4) is 0 Å². The van der Waals surface area contributed by atoms with Crippen molar-refractivity contribution < 1.29 is 13.9 Å². The summed E-state index contributed by atoms with van der Waals surface area (Å²) in [6.07, 6.45) is 1.64. The fourth-order valence-corrected chi connectivity index (χ4v) is 3.42. The molecule has 1 aromatic heterocycles. The Morgan fingerprint density at radius 2 is 2.14 bits per heavy atom. The zero-order valence-electron chi connectivity index (χ0n) is 15.8. The summed E-state index contributed by atoms with van der Waals surface area (Å²) in [6, 6.07) is 9.99. The van der Waals surface area contributed by atoms with Gasteiger partial charge in [0, 0.05) is 17.7 Å². The van der Waals surface area contributed by atoms with Gasteiger partial charge in [-0.2, -0.15) is 4.98 Å². The van der Waals surface area contributed by atoms with Gasteiger partial charge in [-0.25, -0.2) is 9.18 Å². The summed E-state index contributed by atoms with van der Waals surface area (Å²) in [5, 5.41) is 2.56. The number of hydrogen-bond donors (Lipinski definition) is 1. The molecule has 0 aliphatic carbocycles. The van der Waals surface area contributed by atoms with Crippen molar-refractivity contribution in [1.29, 1.82) is 0 Å². The van der Waals surface area contributed by atoms with E-state index in [1.807, 2.05) is 6.92 Å². The number of ether oxygens (including phenoxy) is 1. The first kappa shape index (κ1) is 19.7. The minimum Gasteiger partial charge on any atom is -0.350 e. The van der Waals surface area contributed by atoms with E-state index < -0.39 is 29.4 Å². The van der Waals surface area contributed by atoms with Gasteiger partial charge in [-0.3, -0.25) is 9.36 Å². The second kappa shape index (κ2) is 7.92. The number of rotatable bonds is 5. The van der Waals surface area contributed by atoms with Crippen LogP contribution >= 0.6 is 0 Å². The van der Waals surface area contributed by atoms with E-state index in [9.17, 15) is 9.59 Å². The van der Waals surface area contributed by atoms with E-state index in [-0.39, 0.29) is 11.9 Å². The van der Waals surface area contributed by atoms with E-state index in [1.165, 1.54) is 18.3 Å². The van der Waals surface area contributed by atoms with Crippen molar-refractivity contribution in [2.24, 2.45) is 5.92 Å². The van der Waals surface area contributed by atoms with Gasteiger partial charge in [0.1, 0.15) is 5.82 Å². The molecule has 1 aromatic carbocycles. The van der Waals surface area contributed by atoms with Crippen LogP contribution < -0.4 is 11.0 Å². The third kappa shape index (κ3) is 3.54. The quantitative estimate of drug-likeness (QED) is 0.802. The van der Waals surface area contributed by atoms with Crippen molar-refractivity contribution in [3.05, 3.63) is 77.0 Å². The maximum Gasteiger partial charge on any atom is 0.351 e. The average Bonchev–Trinajstić information content (AvgIpc) is 2.94. The minimum atomic E-state index is -1.94. The Morgan fingerprint density at radius 1 is 1.43 bits per heavy atom. The third-order valence-corrected chi connectivity index (χ3v) is 5.02. The fraction of sp³-hybridized carbons (Fsp3) is 0.333. The number of benzene rings is 1. The molecule has 0 spiro atoms. The molecule has 0 saturated carbocycles. The van der Waals surface area contributed by atoms with E-state index in [0.29, 0.717) is 12.0 Å². The monoisotopic (exact) mass is 383 g/mol. The molecule has 1 aliphatic heterocycles. The second-order valence-electron chi connectivity index (χ2n) is 6.72. The summed E-state index contributed by atoms with van der Waals surface area (Å²) in [7, 11) is 0. The largest absolute Gasteiger partial charge is 0.351 e. The number of nitrogens with zero attached hydrogens (tertiary/aromatic N) is 2. The van der Waals surface area contributed by atoms with Crippen LogP contribution in [0.15, 0.2) is 65.8 Å². The number of nitrogens with one attached hydrogen (secondary N) is 1. The summed E-state index contributed by atoms with van der Waals surface area (Å²) in [4.78, 5) is 28.6. The van der Waals surface area contributed by atoms with Crippen LogP contribution in [0.25, 0.3) is 0 Å². The number of anilines is 1. The third-order valence-electron chi connectivity index (χ3n) is 5.02. The van der Waals surface area contributed by atoms with Crippen LogP contribution in [-0.4, -0.2) is 27.2 Å². The van der Waals surface area contributed by atoms with Gasteiger partial charge in [-0.15, -0.1) is 5.73 Å². The summed E-state index contributed by atoms with van der Waals surface area (Å²) in [6.45, 7) is 7.08. The van der Waals surface area contributed by atoms with Crippen molar-refractivity contribution in [3.8, 4) is 0 Å². The Bertz CT molecular complexity index is 968. The first-order valence-corrected chi connectivity index (χ1v) is 9.07. The van der Waals surface area contributed by atoms with Crippen molar-refractivity contribution in [1.82, 2.24) is 9.55 Å². The van der Waals surface area contributed by atoms with Crippen LogP contribution in [0.4, 0.5) is 10.2 Å². The van der Waals surface area contributed by atoms with Gasteiger partial charge in [-0.1, -0.05) is 38.6 Å². The zero-order valence-corrected chi connectivity index (χ0v) is 15.8. The highest BCUT2D eigenvalue weighted by atomic mass is 19.1. The molecule has 146 valence electrons. The molecule has 7 heteroatoms. The first-order valence-electron chi connectivity index (χ1n) is 9.07. The Kier molecular flexibility index (Phi) is 5.58. The maximum absolute atomic E-state index is 15.7. The molecule has 2 aromatic rings. The number of halogens is 1. The number of amides is 1. The van der Waals surface area contributed by atoms with Crippen molar-refractivity contribution in [2.75, 3.05) is 5.32 Å². The fourth-order valence-electron chi connectivity index (χ4n) is 3.42. The lowest BCUT2D eigenvalue weighted by Crippen LogP contribution is -2.39. The topological polar surface area (TPSA) is 73.2 Å². The molecular weight excluding hydrogens is 361 g/mol. The Balaban J connectivity index is 1.89. The van der Waals surface area contributed by atoms with E-state index in [1.54, 1.807) is 37.3 Å². The molecule has 1 N–H and O–H groups in total. The average molecular weight is 383 g/mol. The summed E-state index contributed by atoms with van der Waals surface area (Å²) in [5.74, 6) is -0.797. The van der Waals surface area contributed by atoms with Gasteiger partial charge in [0.15, 0.2) is 11.9 Å². The number of hydrogen-bond acceptors (Lipinski definition) is 4. The molecule has 1 saturated heterocycles. The van der Waals surface area contributed by atoms with Crippen molar-refractivity contribution in [3.63, 3.8) is 0 Å². The smallest absolute Gasteiger partial charge is 0.350 e. The Labute approximate surface area is 162 Å². The van der Waals surface area contributed by atoms with Gasteiger partial charge >= 0.3 is 5.69 Å². The van der Waals surface area contributed by atoms with Gasteiger partial charge in [0.2, 0.25) is 0 Å². The predicted molar refractivity (Wildman–Crippen MR) is 104 cm³/mol.